The Kier molecular flexibility index (Phi) is 20.5. The molecule has 64 heavy (non-hydrogen) atoms. The van der Waals surface area contributed by atoms with Crippen LogP contribution in [0.2, 0.25) is 5.28 Å². The summed E-state index contributed by atoms with van der Waals surface area (Å²) in [7, 11) is 0. The number of hydrogen-bond donors (Lipinski definition) is 6. The minimum Gasteiger partial charge on any atom is -0.367 e. The average Bonchev–Trinajstić information content (AvgIpc) is 4.14. The number of pyridine rings is 2. The van der Waals surface area contributed by atoms with Crippen molar-refractivity contribution in [1.82, 2.24) is 39.9 Å². The number of aryl methyl sites for hydroxylation is 1. The Morgan fingerprint density at radius 1 is 0.547 bits per heavy atom. The van der Waals surface area contributed by atoms with Crippen LogP contribution >= 0.6 is 11.6 Å². The summed E-state index contributed by atoms with van der Waals surface area (Å²) in [5.41, 5.74) is 11.1. The van der Waals surface area contributed by atoms with Crippen molar-refractivity contribution >= 4 is 63.0 Å². The molecule has 15 heteroatoms. The maximum absolute atomic E-state index is 5.92. The molecule has 0 saturated heterocycles. The van der Waals surface area contributed by atoms with Crippen molar-refractivity contribution in [2.75, 3.05) is 46.2 Å². The van der Waals surface area contributed by atoms with Crippen molar-refractivity contribution in [2.45, 2.75) is 180 Å². The van der Waals surface area contributed by atoms with Crippen LogP contribution < -0.4 is 32.3 Å². The fourth-order valence-corrected chi connectivity index (χ4v) is 8.90. The van der Waals surface area contributed by atoms with Gasteiger partial charge in [0.25, 0.3) is 0 Å². The summed E-state index contributed by atoms with van der Waals surface area (Å²) < 4.78 is 0. The molecule has 0 atom stereocenters. The van der Waals surface area contributed by atoms with Crippen LogP contribution in [0.1, 0.15) is 160 Å². The van der Waals surface area contributed by atoms with E-state index in [0.717, 1.165) is 90.8 Å². The lowest BCUT2D eigenvalue weighted by Gasteiger charge is -2.22. The Morgan fingerprint density at radius 3 is 1.53 bits per heavy atom. The normalized spacial score (nSPS) is 16.2. The van der Waals surface area contributed by atoms with Gasteiger partial charge in [0.1, 0.15) is 16.9 Å². The van der Waals surface area contributed by atoms with E-state index in [1.165, 1.54) is 127 Å². The van der Waals surface area contributed by atoms with Crippen LogP contribution in [0.15, 0.2) is 36.7 Å². The van der Waals surface area contributed by atoms with E-state index in [2.05, 4.69) is 77.3 Å². The van der Waals surface area contributed by atoms with Crippen molar-refractivity contribution in [3.63, 3.8) is 0 Å². The van der Waals surface area contributed by atoms with Gasteiger partial charge >= 0.3 is 0 Å². The average molecular weight is 896 g/mol. The van der Waals surface area contributed by atoms with Gasteiger partial charge in [0.05, 0.1) is 16.7 Å². The van der Waals surface area contributed by atoms with Crippen molar-refractivity contribution in [2.24, 2.45) is 5.73 Å². The zero-order valence-electron chi connectivity index (χ0n) is 38.9. The standard InChI is InChI=1S/C17H28N4.C16H23N5.C12H13ClN4.C4H11N/c1-2-3-12-18-17-20-15-11-7-6-10-14(15)16(21-17)19-13-8-4-5-9-13;1-2-3-10-18-16-20-13-9-6-11-17-14(13)15(21-16)19-12-7-4-5-8-12;13-12-16-9-6-3-7-14-10(9)11(17-12)15-8-4-1-2-5-8;1-2-3-4-5/h13H,2-12H2,1H3,(H2,18,19,20,21);6,9,11-12H,2-5,7-8,10H2,1H3,(H2,18,19,20,21);3,6-8H,1-2,4-5H2,(H,15,16,17);2-5H2,1H3. The van der Waals surface area contributed by atoms with Gasteiger partial charge in [0.15, 0.2) is 11.6 Å². The van der Waals surface area contributed by atoms with Crippen LogP contribution in [0.4, 0.5) is 29.4 Å². The number of unbranched alkanes of at least 4 members (excludes halogenated alkanes) is 3. The highest BCUT2D eigenvalue weighted by Crippen LogP contribution is 2.31. The monoisotopic (exact) mass is 895 g/mol. The Balaban J connectivity index is 0.000000152. The first-order chi connectivity index (χ1) is 31.5. The summed E-state index contributed by atoms with van der Waals surface area (Å²) >= 11 is 5.92. The fraction of sp³-hybridized carbons (Fsp3) is 0.633. The number of rotatable bonds is 16. The summed E-state index contributed by atoms with van der Waals surface area (Å²) in [6, 6.07) is 9.30. The molecular weight excluding hydrogens is 820 g/mol. The second-order valence-electron chi connectivity index (χ2n) is 17.6. The lowest BCUT2D eigenvalue weighted by atomic mass is 9.96. The molecule has 14 nitrogen and oxygen atoms in total. The van der Waals surface area contributed by atoms with Gasteiger partial charge in [-0.1, -0.05) is 78.6 Å². The van der Waals surface area contributed by atoms with E-state index in [0.29, 0.717) is 24.1 Å². The molecule has 0 unspecified atom stereocenters. The number of halogens is 1. The van der Waals surface area contributed by atoms with Crippen LogP contribution in [-0.4, -0.2) is 77.6 Å². The summed E-state index contributed by atoms with van der Waals surface area (Å²) in [5.74, 6) is 4.26. The van der Waals surface area contributed by atoms with Gasteiger partial charge in [-0.25, -0.2) is 15.0 Å². The molecule has 7 N–H and O–H groups in total. The minimum absolute atomic E-state index is 0.269. The van der Waals surface area contributed by atoms with Crippen molar-refractivity contribution < 1.29 is 0 Å². The minimum atomic E-state index is 0.269. The highest BCUT2D eigenvalue weighted by Gasteiger charge is 2.22. The Labute approximate surface area is 386 Å². The smallest absolute Gasteiger partial charge is 0.225 e. The molecule has 4 aliphatic carbocycles. The van der Waals surface area contributed by atoms with Gasteiger partial charge in [0.2, 0.25) is 17.2 Å². The lowest BCUT2D eigenvalue weighted by molar-refractivity contribution is 0.658. The molecule has 0 spiro atoms. The van der Waals surface area contributed by atoms with Gasteiger partial charge in [0, 0.05) is 49.2 Å². The Bertz CT molecular complexity index is 2120. The topological polar surface area (TPSA) is 189 Å². The molecule has 348 valence electrons. The first-order valence-corrected chi connectivity index (χ1v) is 25.1. The highest BCUT2D eigenvalue weighted by molar-refractivity contribution is 6.28. The zero-order chi connectivity index (χ0) is 44.8. The van der Waals surface area contributed by atoms with Gasteiger partial charge in [-0.3, -0.25) is 9.97 Å². The molecule has 0 amide bonds. The van der Waals surface area contributed by atoms with E-state index in [1.54, 1.807) is 12.4 Å². The molecule has 9 rings (SSSR count). The van der Waals surface area contributed by atoms with Crippen LogP contribution in [-0.2, 0) is 12.8 Å². The van der Waals surface area contributed by atoms with Crippen LogP contribution in [0.25, 0.3) is 22.1 Å². The Hall–Kier alpha value is -4.69. The third-order valence-corrected chi connectivity index (χ3v) is 12.5. The predicted molar refractivity (Wildman–Crippen MR) is 267 cm³/mol. The van der Waals surface area contributed by atoms with Gasteiger partial charge < -0.3 is 32.3 Å². The summed E-state index contributed by atoms with van der Waals surface area (Å²) in [6.07, 6.45) is 30.7. The summed E-state index contributed by atoms with van der Waals surface area (Å²) in [5, 5.41) is 17.7. The maximum atomic E-state index is 5.92. The molecule has 0 aliphatic heterocycles. The third kappa shape index (κ3) is 15.2. The Morgan fingerprint density at radius 2 is 1.02 bits per heavy atom. The first kappa shape index (κ1) is 48.8. The predicted octanol–water partition coefficient (Wildman–Crippen LogP) is 11.3. The van der Waals surface area contributed by atoms with Gasteiger partial charge in [-0.05, 0) is 126 Å². The molecule has 5 heterocycles. The zero-order valence-corrected chi connectivity index (χ0v) is 39.7. The number of anilines is 5. The SMILES string of the molecule is CCCCN.CCCCNc1nc(NC2CCCC2)c2ncccc2n1.CCCCNc1nc2c(c(NC3CCCC3)n1)CCCC2.Clc1nc(NC2CCCC2)c2ncccc2n1. The lowest BCUT2D eigenvalue weighted by Crippen LogP contribution is -2.21. The number of fused-ring (bicyclic) bond motifs is 3. The molecule has 5 aromatic heterocycles. The molecule has 0 bridgehead atoms. The van der Waals surface area contributed by atoms with Crippen LogP contribution in [0.3, 0.4) is 0 Å². The molecule has 0 radical (unpaired) electrons. The van der Waals surface area contributed by atoms with Crippen molar-refractivity contribution in [3.8, 4) is 0 Å². The number of nitrogens with one attached hydrogen (secondary N) is 5. The molecule has 5 aromatic rings. The quantitative estimate of drug-likeness (QED) is 0.0405. The van der Waals surface area contributed by atoms with E-state index in [1.807, 2.05) is 24.3 Å². The van der Waals surface area contributed by atoms with Crippen molar-refractivity contribution in [1.29, 1.82) is 0 Å². The van der Waals surface area contributed by atoms with E-state index in [9.17, 15) is 0 Å². The molecular formula is C49H75ClN14. The second-order valence-corrected chi connectivity index (χ2v) is 17.9. The number of nitrogens with two attached hydrogens (primary N) is 1. The molecule has 0 aromatic carbocycles. The number of hydrogen-bond acceptors (Lipinski definition) is 14. The second kappa shape index (κ2) is 26.9. The summed E-state index contributed by atoms with van der Waals surface area (Å²) in [4.78, 5) is 35.9. The first-order valence-electron chi connectivity index (χ1n) is 24.8. The summed E-state index contributed by atoms with van der Waals surface area (Å²) in [6.45, 7) is 9.25. The van der Waals surface area contributed by atoms with E-state index in [-0.39, 0.29) is 5.28 Å². The third-order valence-electron chi connectivity index (χ3n) is 12.3. The van der Waals surface area contributed by atoms with Crippen molar-refractivity contribution in [3.05, 3.63) is 53.2 Å². The largest absolute Gasteiger partial charge is 0.367 e. The maximum Gasteiger partial charge on any atom is 0.225 e. The number of aromatic nitrogens is 8. The van der Waals surface area contributed by atoms with Crippen LogP contribution in [0, 0.1) is 0 Å². The van der Waals surface area contributed by atoms with Gasteiger partial charge in [-0.15, -0.1) is 0 Å². The molecule has 3 fully saturated rings. The van der Waals surface area contributed by atoms with Crippen LogP contribution in [0.5, 0.6) is 0 Å². The van der Waals surface area contributed by atoms with E-state index in [4.69, 9.17) is 27.3 Å². The van der Waals surface area contributed by atoms with Gasteiger partial charge in [-0.2, -0.15) is 15.0 Å². The fourth-order valence-electron chi connectivity index (χ4n) is 8.73. The van der Waals surface area contributed by atoms with E-state index < -0.39 is 0 Å². The molecule has 3 saturated carbocycles. The number of nitrogens with zero attached hydrogens (tertiary/aromatic N) is 8. The van der Waals surface area contributed by atoms with E-state index >= 15 is 0 Å². The highest BCUT2D eigenvalue weighted by atomic mass is 35.5. The molecule has 4 aliphatic rings.